The average molecular weight is 400 g/mol. The summed E-state index contributed by atoms with van der Waals surface area (Å²) in [5, 5.41) is 2.75. The van der Waals surface area contributed by atoms with E-state index in [0.717, 1.165) is 5.56 Å². The van der Waals surface area contributed by atoms with E-state index in [0.29, 0.717) is 82.2 Å². The number of rotatable bonds is 15. The van der Waals surface area contributed by atoms with Crippen LogP contribution in [0, 0.1) is 0 Å². The average Bonchev–Trinajstić information content (AvgIpc) is 3.06. The van der Waals surface area contributed by atoms with Crippen molar-refractivity contribution in [2.24, 2.45) is 5.73 Å². The van der Waals surface area contributed by atoms with Crippen molar-refractivity contribution in [2.45, 2.75) is 11.4 Å². The van der Waals surface area contributed by atoms with Crippen molar-refractivity contribution in [1.29, 1.82) is 0 Å². The van der Waals surface area contributed by atoms with Gasteiger partial charge in [0.05, 0.1) is 69.4 Å². The van der Waals surface area contributed by atoms with Crippen LogP contribution in [-0.2, 0) is 36.3 Å². The monoisotopic (exact) mass is 400 g/mol. The minimum absolute atomic E-state index is 0.107. The van der Waals surface area contributed by atoms with Crippen molar-refractivity contribution < 1.29 is 28.0 Å². The fraction of sp³-hybridized carbons (Fsp3) is 0.611. The molecule has 1 aliphatic rings. The molecule has 27 heavy (non-hydrogen) atoms. The first kappa shape index (κ1) is 21.9. The lowest BCUT2D eigenvalue weighted by atomic mass is 10.1. The quantitative estimate of drug-likeness (QED) is 0.401. The molecule has 0 spiro atoms. The molecule has 0 saturated heterocycles. The van der Waals surface area contributed by atoms with Gasteiger partial charge >= 0.3 is 0 Å². The smallest absolute Gasteiger partial charge is 0.251 e. The summed E-state index contributed by atoms with van der Waals surface area (Å²) in [6.45, 7) is 4.81. The van der Waals surface area contributed by atoms with E-state index in [2.05, 4.69) is 5.32 Å². The van der Waals surface area contributed by atoms with Crippen molar-refractivity contribution in [1.82, 2.24) is 5.32 Å². The molecule has 3 N–H and O–H groups in total. The molecule has 0 fully saturated rings. The van der Waals surface area contributed by atoms with E-state index in [1.165, 1.54) is 0 Å². The topological polar surface area (TPSA) is 109 Å². The minimum atomic E-state index is -1.19. The molecule has 8 nitrogen and oxygen atoms in total. The first-order valence-corrected chi connectivity index (χ1v) is 10.4. The molecule has 1 atom stereocenters. The Hall–Kier alpha value is -1.36. The van der Waals surface area contributed by atoms with Crippen LogP contribution in [0.15, 0.2) is 23.1 Å². The molecule has 0 aromatic heterocycles. The second-order valence-electron chi connectivity index (χ2n) is 5.75. The molecule has 1 aliphatic heterocycles. The van der Waals surface area contributed by atoms with Gasteiger partial charge in [0.25, 0.3) is 5.91 Å². The van der Waals surface area contributed by atoms with Crippen molar-refractivity contribution in [3.8, 4) is 0 Å². The highest BCUT2D eigenvalue weighted by atomic mass is 32.2. The number of hydrogen-bond acceptors (Lipinski definition) is 7. The highest BCUT2D eigenvalue weighted by Crippen LogP contribution is 2.22. The van der Waals surface area contributed by atoms with E-state index >= 15 is 0 Å². The van der Waals surface area contributed by atoms with Crippen LogP contribution in [0.1, 0.15) is 15.9 Å². The third kappa shape index (κ3) is 7.65. The minimum Gasteiger partial charge on any atom is -0.378 e. The standard InChI is InChI=1S/C18H28N2O6S/c19-4-5-23-6-7-24-8-9-25-10-11-26-12-13-27(22)17-3-1-2-15-16(17)14-20-18(15)21/h1-3H,4-14,19H2,(H,20,21). The molecule has 2 rings (SSSR count). The van der Waals surface area contributed by atoms with Crippen LogP contribution in [0.2, 0.25) is 0 Å². The van der Waals surface area contributed by atoms with Gasteiger partial charge in [-0.25, -0.2) is 0 Å². The van der Waals surface area contributed by atoms with Gasteiger partial charge in [-0.3, -0.25) is 9.00 Å². The summed E-state index contributed by atoms with van der Waals surface area (Å²) < 4.78 is 33.8. The summed E-state index contributed by atoms with van der Waals surface area (Å²) in [7, 11) is -1.19. The third-order valence-electron chi connectivity index (χ3n) is 3.84. The lowest BCUT2D eigenvalue weighted by molar-refractivity contribution is 0.000597. The summed E-state index contributed by atoms with van der Waals surface area (Å²) >= 11 is 0. The summed E-state index contributed by atoms with van der Waals surface area (Å²) in [4.78, 5) is 12.4. The molecule has 1 heterocycles. The fourth-order valence-electron chi connectivity index (χ4n) is 2.53. The molecule has 1 unspecified atom stereocenters. The Morgan fingerprint density at radius 2 is 1.52 bits per heavy atom. The van der Waals surface area contributed by atoms with Crippen LogP contribution in [0.5, 0.6) is 0 Å². The number of fused-ring (bicyclic) bond motifs is 1. The number of nitrogens with one attached hydrogen (secondary N) is 1. The van der Waals surface area contributed by atoms with Crippen molar-refractivity contribution in [2.75, 3.05) is 65.2 Å². The molecule has 1 aromatic rings. The Morgan fingerprint density at radius 1 is 0.926 bits per heavy atom. The highest BCUT2D eigenvalue weighted by Gasteiger charge is 2.23. The number of nitrogens with two attached hydrogens (primary N) is 1. The molecule has 152 valence electrons. The van der Waals surface area contributed by atoms with Gasteiger partial charge in [-0.1, -0.05) is 6.07 Å². The van der Waals surface area contributed by atoms with E-state index in [4.69, 9.17) is 24.7 Å². The number of carbonyl (C=O) groups is 1. The molecule has 1 aromatic carbocycles. The SMILES string of the molecule is NCCOCCOCCOCCOCCS(=O)c1cccc2c1CNC2=O. The molecule has 0 radical (unpaired) electrons. The molecule has 0 aliphatic carbocycles. The number of hydrogen-bond donors (Lipinski definition) is 2. The van der Waals surface area contributed by atoms with Crippen LogP contribution in [0.25, 0.3) is 0 Å². The summed E-state index contributed by atoms with van der Waals surface area (Å²) in [5.41, 5.74) is 6.75. The lowest BCUT2D eigenvalue weighted by Crippen LogP contribution is -2.15. The van der Waals surface area contributed by atoms with E-state index < -0.39 is 10.8 Å². The van der Waals surface area contributed by atoms with Crippen LogP contribution in [0.4, 0.5) is 0 Å². The Labute approximate surface area is 162 Å². The zero-order valence-electron chi connectivity index (χ0n) is 15.4. The first-order valence-electron chi connectivity index (χ1n) is 9.03. The number of amides is 1. The summed E-state index contributed by atoms with van der Waals surface area (Å²) in [6, 6.07) is 5.32. The molecule has 9 heteroatoms. The van der Waals surface area contributed by atoms with E-state index in [-0.39, 0.29) is 5.91 Å². The maximum absolute atomic E-state index is 12.4. The van der Waals surface area contributed by atoms with Crippen molar-refractivity contribution in [3.05, 3.63) is 29.3 Å². The van der Waals surface area contributed by atoms with Crippen LogP contribution in [0.3, 0.4) is 0 Å². The van der Waals surface area contributed by atoms with Gasteiger partial charge in [0, 0.05) is 29.1 Å². The van der Waals surface area contributed by atoms with E-state index in [9.17, 15) is 9.00 Å². The second-order valence-corrected chi connectivity index (χ2v) is 7.29. The Kier molecular flexibility index (Phi) is 10.5. The largest absolute Gasteiger partial charge is 0.378 e. The fourth-order valence-corrected chi connectivity index (χ4v) is 3.70. The van der Waals surface area contributed by atoms with Gasteiger partial charge in [-0.2, -0.15) is 0 Å². The van der Waals surface area contributed by atoms with Crippen LogP contribution in [-0.4, -0.2) is 75.3 Å². The van der Waals surface area contributed by atoms with Gasteiger partial charge in [0.15, 0.2) is 0 Å². The molecular formula is C18H28N2O6S. The normalized spacial score (nSPS) is 14.2. The third-order valence-corrected chi connectivity index (χ3v) is 5.25. The molecule has 0 saturated carbocycles. The maximum Gasteiger partial charge on any atom is 0.251 e. The molecule has 1 amide bonds. The number of ether oxygens (including phenoxy) is 4. The molecular weight excluding hydrogens is 372 g/mol. The highest BCUT2D eigenvalue weighted by molar-refractivity contribution is 7.85. The van der Waals surface area contributed by atoms with Crippen molar-refractivity contribution in [3.63, 3.8) is 0 Å². The van der Waals surface area contributed by atoms with Gasteiger partial charge < -0.3 is 30.0 Å². The van der Waals surface area contributed by atoms with Gasteiger partial charge in [0.2, 0.25) is 0 Å². The van der Waals surface area contributed by atoms with Crippen LogP contribution >= 0.6 is 0 Å². The maximum atomic E-state index is 12.4. The Morgan fingerprint density at radius 3 is 2.15 bits per heavy atom. The second kappa shape index (κ2) is 12.9. The number of carbonyl (C=O) groups excluding carboxylic acids is 1. The molecule has 0 bridgehead atoms. The van der Waals surface area contributed by atoms with Gasteiger partial charge in [-0.05, 0) is 12.1 Å². The lowest BCUT2D eigenvalue weighted by Gasteiger charge is -2.08. The summed E-state index contributed by atoms with van der Waals surface area (Å²) in [5.74, 6) is 0.278. The van der Waals surface area contributed by atoms with Gasteiger partial charge in [-0.15, -0.1) is 0 Å². The van der Waals surface area contributed by atoms with Gasteiger partial charge in [0.1, 0.15) is 0 Å². The van der Waals surface area contributed by atoms with E-state index in [1.54, 1.807) is 18.2 Å². The Balaban J connectivity index is 1.48. The number of benzene rings is 1. The zero-order chi connectivity index (χ0) is 19.3. The van der Waals surface area contributed by atoms with E-state index in [1.807, 2.05) is 0 Å². The summed E-state index contributed by atoms with van der Waals surface area (Å²) in [6.07, 6.45) is 0. The predicted molar refractivity (Wildman–Crippen MR) is 101 cm³/mol. The van der Waals surface area contributed by atoms with Crippen LogP contribution < -0.4 is 11.1 Å². The Bertz CT molecular complexity index is 614. The zero-order valence-corrected chi connectivity index (χ0v) is 16.3. The van der Waals surface area contributed by atoms with Crippen molar-refractivity contribution >= 4 is 16.7 Å². The predicted octanol–water partition coefficient (Wildman–Crippen LogP) is 0.0627. The first-order chi connectivity index (χ1) is 13.2.